The van der Waals surface area contributed by atoms with Crippen LogP contribution in [0.1, 0.15) is 5.56 Å². The number of hydrogen-bond donors (Lipinski definition) is 1. The average molecular weight is 326 g/mol. The molecule has 0 atom stereocenters. The SMILES string of the molecule is O=C(/C=C/c1ccc(F)cc1)Nc1ccccc1N1CCOCC1. The highest BCUT2D eigenvalue weighted by Crippen LogP contribution is 2.26. The van der Waals surface area contributed by atoms with Crippen LogP contribution in [-0.2, 0) is 9.53 Å². The Bertz CT molecular complexity index is 722. The van der Waals surface area contributed by atoms with Crippen LogP contribution in [0.2, 0.25) is 0 Å². The van der Waals surface area contributed by atoms with Crippen molar-refractivity contribution in [2.24, 2.45) is 0 Å². The van der Waals surface area contributed by atoms with Gasteiger partial charge in [-0.15, -0.1) is 0 Å². The van der Waals surface area contributed by atoms with E-state index < -0.39 is 0 Å². The first-order valence-electron chi connectivity index (χ1n) is 7.89. The molecule has 0 aliphatic carbocycles. The van der Waals surface area contributed by atoms with Crippen LogP contribution in [0.25, 0.3) is 6.08 Å². The fourth-order valence-electron chi connectivity index (χ4n) is 2.58. The molecular weight excluding hydrogens is 307 g/mol. The third kappa shape index (κ3) is 4.20. The molecule has 0 radical (unpaired) electrons. The molecule has 1 saturated heterocycles. The van der Waals surface area contributed by atoms with E-state index in [0.717, 1.165) is 30.0 Å². The molecule has 1 fully saturated rings. The van der Waals surface area contributed by atoms with Crippen LogP contribution in [0.15, 0.2) is 54.6 Å². The van der Waals surface area contributed by atoms with E-state index in [1.165, 1.54) is 18.2 Å². The Labute approximate surface area is 140 Å². The molecule has 0 saturated carbocycles. The number of morpholine rings is 1. The summed E-state index contributed by atoms with van der Waals surface area (Å²) < 4.78 is 18.2. The van der Waals surface area contributed by atoms with Crippen LogP contribution >= 0.6 is 0 Å². The number of benzene rings is 2. The Balaban J connectivity index is 1.69. The van der Waals surface area contributed by atoms with Crippen molar-refractivity contribution in [3.05, 3.63) is 66.0 Å². The maximum absolute atomic E-state index is 12.9. The molecule has 1 heterocycles. The molecule has 3 rings (SSSR count). The van der Waals surface area contributed by atoms with Crippen LogP contribution in [-0.4, -0.2) is 32.2 Å². The lowest BCUT2D eigenvalue weighted by molar-refractivity contribution is -0.111. The highest BCUT2D eigenvalue weighted by atomic mass is 19.1. The van der Waals surface area contributed by atoms with Gasteiger partial charge >= 0.3 is 0 Å². The second-order valence-electron chi connectivity index (χ2n) is 5.49. The largest absolute Gasteiger partial charge is 0.378 e. The molecule has 1 N–H and O–H groups in total. The van der Waals surface area contributed by atoms with Gasteiger partial charge in [-0.1, -0.05) is 24.3 Å². The highest BCUT2D eigenvalue weighted by molar-refractivity contribution is 6.03. The van der Waals surface area contributed by atoms with Gasteiger partial charge in [-0.3, -0.25) is 4.79 Å². The van der Waals surface area contributed by atoms with E-state index in [-0.39, 0.29) is 11.7 Å². The minimum absolute atomic E-state index is 0.222. The van der Waals surface area contributed by atoms with Crippen LogP contribution in [0.3, 0.4) is 0 Å². The summed E-state index contributed by atoms with van der Waals surface area (Å²) >= 11 is 0. The molecule has 0 spiro atoms. The number of ether oxygens (including phenoxy) is 1. The summed E-state index contributed by atoms with van der Waals surface area (Å²) in [5.41, 5.74) is 2.53. The molecule has 2 aromatic carbocycles. The maximum atomic E-state index is 12.9. The van der Waals surface area contributed by atoms with E-state index in [1.54, 1.807) is 18.2 Å². The van der Waals surface area contributed by atoms with Crippen molar-refractivity contribution >= 4 is 23.4 Å². The zero-order valence-corrected chi connectivity index (χ0v) is 13.2. The number of rotatable bonds is 4. The number of nitrogens with zero attached hydrogens (tertiary/aromatic N) is 1. The molecular formula is C19H19FN2O2. The van der Waals surface area contributed by atoms with Crippen LogP contribution < -0.4 is 10.2 Å². The van der Waals surface area contributed by atoms with Crippen molar-refractivity contribution in [2.75, 3.05) is 36.5 Å². The highest BCUT2D eigenvalue weighted by Gasteiger charge is 2.14. The molecule has 0 unspecified atom stereocenters. The molecule has 24 heavy (non-hydrogen) atoms. The third-order valence-electron chi connectivity index (χ3n) is 3.81. The Kier molecular flexibility index (Phi) is 5.23. The predicted octanol–water partition coefficient (Wildman–Crippen LogP) is 3.31. The molecule has 124 valence electrons. The number of hydrogen-bond acceptors (Lipinski definition) is 3. The summed E-state index contributed by atoms with van der Waals surface area (Å²) in [7, 11) is 0. The number of anilines is 2. The fraction of sp³-hybridized carbons (Fsp3) is 0.211. The van der Waals surface area contributed by atoms with E-state index in [4.69, 9.17) is 4.74 Å². The van der Waals surface area contributed by atoms with Crippen LogP contribution in [0.5, 0.6) is 0 Å². The summed E-state index contributed by atoms with van der Waals surface area (Å²) in [6.07, 6.45) is 3.11. The number of nitrogens with one attached hydrogen (secondary N) is 1. The topological polar surface area (TPSA) is 41.6 Å². The lowest BCUT2D eigenvalue weighted by atomic mass is 10.2. The molecule has 1 aliphatic rings. The summed E-state index contributed by atoms with van der Waals surface area (Å²) in [4.78, 5) is 14.4. The average Bonchev–Trinajstić information content (AvgIpc) is 2.62. The quantitative estimate of drug-likeness (QED) is 0.877. The maximum Gasteiger partial charge on any atom is 0.248 e. The van der Waals surface area contributed by atoms with Crippen molar-refractivity contribution in [1.82, 2.24) is 0 Å². The van der Waals surface area contributed by atoms with Gasteiger partial charge in [0.25, 0.3) is 0 Å². The second-order valence-corrected chi connectivity index (χ2v) is 5.49. The van der Waals surface area contributed by atoms with Gasteiger partial charge in [0.15, 0.2) is 0 Å². The molecule has 1 amide bonds. The van der Waals surface area contributed by atoms with E-state index in [0.29, 0.717) is 13.2 Å². The van der Waals surface area contributed by atoms with Gasteiger partial charge in [-0.05, 0) is 35.9 Å². The molecule has 5 heteroatoms. The summed E-state index contributed by atoms with van der Waals surface area (Å²) in [5.74, 6) is -0.518. The van der Waals surface area contributed by atoms with E-state index in [1.807, 2.05) is 24.3 Å². The Morgan fingerprint density at radius 3 is 2.54 bits per heavy atom. The summed E-state index contributed by atoms with van der Waals surface area (Å²) in [5, 5.41) is 2.91. The molecule has 4 nitrogen and oxygen atoms in total. The van der Waals surface area contributed by atoms with Gasteiger partial charge in [0.1, 0.15) is 5.82 Å². The van der Waals surface area contributed by atoms with Gasteiger partial charge in [-0.2, -0.15) is 0 Å². The first-order chi connectivity index (χ1) is 11.7. The van der Waals surface area contributed by atoms with Crippen molar-refractivity contribution in [1.29, 1.82) is 0 Å². The standard InChI is InChI=1S/C19H19FN2O2/c20-16-8-5-15(6-9-16)7-10-19(23)21-17-3-1-2-4-18(17)22-11-13-24-14-12-22/h1-10H,11-14H2,(H,21,23)/b10-7+. The monoisotopic (exact) mass is 326 g/mol. The normalized spacial score (nSPS) is 14.8. The number of carbonyl (C=O) groups is 1. The van der Waals surface area contributed by atoms with Gasteiger partial charge in [0.05, 0.1) is 24.6 Å². The smallest absolute Gasteiger partial charge is 0.248 e. The number of carbonyl (C=O) groups excluding carboxylic acids is 1. The number of para-hydroxylation sites is 2. The third-order valence-corrected chi connectivity index (χ3v) is 3.81. The van der Waals surface area contributed by atoms with E-state index in [9.17, 15) is 9.18 Å². The summed E-state index contributed by atoms with van der Waals surface area (Å²) in [6.45, 7) is 2.98. The van der Waals surface area contributed by atoms with E-state index in [2.05, 4.69) is 10.2 Å². The molecule has 0 bridgehead atoms. The lowest BCUT2D eigenvalue weighted by Gasteiger charge is -2.30. The van der Waals surface area contributed by atoms with Gasteiger partial charge in [-0.25, -0.2) is 4.39 Å². The predicted molar refractivity (Wildman–Crippen MR) is 93.5 cm³/mol. The molecule has 1 aliphatic heterocycles. The van der Waals surface area contributed by atoms with Gasteiger partial charge in [0, 0.05) is 19.2 Å². The number of halogens is 1. The molecule has 0 aromatic heterocycles. The fourth-order valence-corrected chi connectivity index (χ4v) is 2.58. The lowest BCUT2D eigenvalue weighted by Crippen LogP contribution is -2.36. The van der Waals surface area contributed by atoms with Crippen LogP contribution in [0, 0.1) is 5.82 Å². The molecule has 2 aromatic rings. The first-order valence-corrected chi connectivity index (χ1v) is 7.89. The Morgan fingerprint density at radius 1 is 1.08 bits per heavy atom. The van der Waals surface area contributed by atoms with Crippen molar-refractivity contribution in [2.45, 2.75) is 0 Å². The zero-order valence-electron chi connectivity index (χ0n) is 13.2. The first kappa shape index (κ1) is 16.2. The van der Waals surface area contributed by atoms with E-state index >= 15 is 0 Å². The Morgan fingerprint density at radius 2 is 1.79 bits per heavy atom. The van der Waals surface area contributed by atoms with Gasteiger partial charge in [0.2, 0.25) is 5.91 Å². The zero-order chi connectivity index (χ0) is 16.8. The summed E-state index contributed by atoms with van der Waals surface area (Å²) in [6, 6.07) is 13.7. The van der Waals surface area contributed by atoms with Crippen molar-refractivity contribution in [3.8, 4) is 0 Å². The Hall–Kier alpha value is -2.66. The number of amides is 1. The van der Waals surface area contributed by atoms with Gasteiger partial charge < -0.3 is 15.0 Å². The second kappa shape index (κ2) is 7.75. The van der Waals surface area contributed by atoms with Crippen molar-refractivity contribution < 1.29 is 13.9 Å². The minimum atomic E-state index is -0.295. The van der Waals surface area contributed by atoms with Crippen LogP contribution in [0.4, 0.5) is 15.8 Å². The van der Waals surface area contributed by atoms with Crippen molar-refractivity contribution in [3.63, 3.8) is 0 Å². The minimum Gasteiger partial charge on any atom is -0.378 e.